The van der Waals surface area contributed by atoms with Gasteiger partial charge >= 0.3 is 6.09 Å². The fraction of sp³-hybridized carbons (Fsp3) is 0.621. The van der Waals surface area contributed by atoms with E-state index < -0.39 is 57.6 Å². The summed E-state index contributed by atoms with van der Waals surface area (Å²) in [5.74, 6) is -1.65. The van der Waals surface area contributed by atoms with Crippen molar-refractivity contribution in [2.75, 3.05) is 18.6 Å². The van der Waals surface area contributed by atoms with Gasteiger partial charge in [0.25, 0.3) is 10.0 Å². The molecule has 0 fully saturated rings. The quantitative estimate of drug-likeness (QED) is 0.0801. The van der Waals surface area contributed by atoms with Crippen molar-refractivity contribution < 1.29 is 32.3 Å². The third-order valence-corrected chi connectivity index (χ3v) is 8.14. The van der Waals surface area contributed by atoms with Crippen molar-refractivity contribution in [3.8, 4) is 0 Å². The Hall–Kier alpha value is -3.53. The van der Waals surface area contributed by atoms with E-state index in [4.69, 9.17) is 16.2 Å². The monoisotopic (exact) mass is 671 g/mol. The number of guanidine groups is 1. The molecular formula is C29H49N7O7S2. The van der Waals surface area contributed by atoms with Gasteiger partial charge in [-0.15, -0.1) is 0 Å². The van der Waals surface area contributed by atoms with Gasteiger partial charge in [0, 0.05) is 6.54 Å². The van der Waals surface area contributed by atoms with E-state index in [1.165, 1.54) is 23.9 Å². The number of carbonyl (C=O) groups excluding carboxylic acids is 4. The van der Waals surface area contributed by atoms with Crippen molar-refractivity contribution in [3.63, 3.8) is 0 Å². The van der Waals surface area contributed by atoms with Crippen LogP contribution in [0.5, 0.6) is 0 Å². The minimum absolute atomic E-state index is 0.00228. The van der Waals surface area contributed by atoms with Crippen molar-refractivity contribution in [2.45, 2.75) is 95.8 Å². The molecule has 4 amide bonds. The second-order valence-corrected chi connectivity index (χ2v) is 14.6. The first-order chi connectivity index (χ1) is 20.8. The Balaban J connectivity index is 3.03. The minimum atomic E-state index is -3.94. The number of amides is 4. The maximum Gasteiger partial charge on any atom is 0.408 e. The molecule has 0 unspecified atom stereocenters. The van der Waals surface area contributed by atoms with Crippen molar-refractivity contribution in [2.24, 2.45) is 22.4 Å². The van der Waals surface area contributed by atoms with Crippen LogP contribution >= 0.6 is 11.8 Å². The zero-order valence-corrected chi connectivity index (χ0v) is 28.8. The van der Waals surface area contributed by atoms with Crippen LogP contribution in [0.4, 0.5) is 4.79 Å². The Labute approximate surface area is 270 Å². The van der Waals surface area contributed by atoms with Crippen LogP contribution in [0.25, 0.3) is 0 Å². The van der Waals surface area contributed by atoms with E-state index in [-0.39, 0.29) is 42.6 Å². The normalized spacial score (nSPS) is 14.2. The molecule has 45 heavy (non-hydrogen) atoms. The van der Waals surface area contributed by atoms with Crippen LogP contribution in [0.2, 0.25) is 0 Å². The van der Waals surface area contributed by atoms with Crippen molar-refractivity contribution >= 4 is 51.6 Å². The molecule has 0 aliphatic carbocycles. The number of primary amides is 1. The molecule has 1 aromatic carbocycles. The number of nitrogens with one attached hydrogen (secondary N) is 4. The topological polar surface area (TPSA) is 224 Å². The molecule has 16 heteroatoms. The van der Waals surface area contributed by atoms with Gasteiger partial charge in [-0.1, -0.05) is 31.5 Å². The summed E-state index contributed by atoms with van der Waals surface area (Å²) in [4.78, 5) is 55.1. The molecule has 0 aliphatic heterocycles. The van der Waals surface area contributed by atoms with Crippen LogP contribution in [0.1, 0.15) is 65.9 Å². The molecule has 0 aliphatic rings. The van der Waals surface area contributed by atoms with E-state index >= 15 is 0 Å². The highest BCUT2D eigenvalue weighted by Gasteiger charge is 2.30. The van der Waals surface area contributed by atoms with E-state index in [1.807, 2.05) is 27.0 Å². The summed E-state index contributed by atoms with van der Waals surface area (Å²) in [5.41, 5.74) is 11.3. The van der Waals surface area contributed by atoms with Gasteiger partial charge in [-0.25, -0.2) is 17.9 Å². The van der Waals surface area contributed by atoms with Crippen LogP contribution in [0.3, 0.4) is 0 Å². The Morgan fingerprint density at radius 3 is 2.04 bits per heavy atom. The first kappa shape index (κ1) is 39.5. The number of sulfonamides is 1. The predicted molar refractivity (Wildman–Crippen MR) is 176 cm³/mol. The first-order valence-electron chi connectivity index (χ1n) is 14.6. The molecule has 14 nitrogen and oxygen atoms in total. The average molecular weight is 672 g/mol. The predicted octanol–water partition coefficient (Wildman–Crippen LogP) is 1.52. The lowest BCUT2D eigenvalue weighted by molar-refractivity contribution is -0.132. The lowest BCUT2D eigenvalue weighted by Gasteiger charge is -2.26. The van der Waals surface area contributed by atoms with E-state index in [0.717, 1.165) is 5.56 Å². The Morgan fingerprint density at radius 2 is 1.51 bits per heavy atom. The Bertz CT molecular complexity index is 1280. The minimum Gasteiger partial charge on any atom is -0.444 e. The zero-order chi connectivity index (χ0) is 34.4. The van der Waals surface area contributed by atoms with Crippen LogP contribution in [0, 0.1) is 12.8 Å². The molecule has 0 spiro atoms. The van der Waals surface area contributed by atoms with Gasteiger partial charge in [0.05, 0.1) is 4.90 Å². The largest absolute Gasteiger partial charge is 0.444 e. The second kappa shape index (κ2) is 18.4. The van der Waals surface area contributed by atoms with E-state index in [9.17, 15) is 27.6 Å². The smallest absolute Gasteiger partial charge is 0.408 e. The molecule has 0 saturated heterocycles. The Kier molecular flexibility index (Phi) is 16.2. The molecule has 254 valence electrons. The van der Waals surface area contributed by atoms with Crippen molar-refractivity contribution in [3.05, 3.63) is 29.8 Å². The van der Waals surface area contributed by atoms with Crippen LogP contribution < -0.4 is 32.1 Å². The van der Waals surface area contributed by atoms with Gasteiger partial charge in [0.1, 0.15) is 23.7 Å². The molecular weight excluding hydrogens is 622 g/mol. The lowest BCUT2D eigenvalue weighted by Crippen LogP contribution is -2.57. The number of aryl methyl sites for hydroxylation is 1. The van der Waals surface area contributed by atoms with Gasteiger partial charge in [0.15, 0.2) is 0 Å². The number of carbonyl (C=O) groups is 4. The van der Waals surface area contributed by atoms with Crippen LogP contribution in [-0.4, -0.2) is 80.5 Å². The molecule has 1 rings (SSSR count). The summed E-state index contributed by atoms with van der Waals surface area (Å²) in [5, 5.41) is 7.86. The van der Waals surface area contributed by atoms with Crippen LogP contribution in [-0.2, 0) is 29.1 Å². The summed E-state index contributed by atoms with van der Waals surface area (Å²) < 4.78 is 32.6. The molecule has 0 heterocycles. The number of aliphatic imine (C=N–C) groups is 1. The van der Waals surface area contributed by atoms with E-state index in [0.29, 0.717) is 12.2 Å². The number of ether oxygens (including phenoxy) is 1. The van der Waals surface area contributed by atoms with Gasteiger partial charge in [-0.2, -0.15) is 11.8 Å². The zero-order valence-electron chi connectivity index (χ0n) is 27.1. The molecule has 0 radical (unpaired) electrons. The summed E-state index contributed by atoms with van der Waals surface area (Å²) in [7, 11) is -3.94. The summed E-state index contributed by atoms with van der Waals surface area (Å²) >= 11 is 1.50. The number of rotatable bonds is 17. The molecule has 1 aromatic rings. The molecule has 0 aromatic heterocycles. The van der Waals surface area contributed by atoms with Gasteiger partial charge in [-0.3, -0.25) is 19.4 Å². The number of nitrogens with two attached hydrogens (primary N) is 2. The highest BCUT2D eigenvalue weighted by atomic mass is 32.2. The maximum atomic E-state index is 13.4. The number of alkyl carbamates (subject to hydrolysis) is 1. The standard InChI is InChI=1S/C29H49N7O7S2/c1-18(2)17-23(26(39)33-21(24(30)37)14-16-44-7)34-25(38)22(35-28(40)43-29(4,5)6)9-8-15-32-27(31)36-45(41,42)20-12-10-19(3)11-13-20/h10-13,18,21-23H,8-9,14-17H2,1-7H3,(H2,30,37)(H,33,39)(H,34,38)(H,35,40)(H3,31,32,36)/t21-,22+,23-/m0/s1. The highest BCUT2D eigenvalue weighted by molar-refractivity contribution is 7.98. The number of hydrogen-bond acceptors (Lipinski definition) is 9. The molecule has 0 bridgehead atoms. The Morgan fingerprint density at radius 1 is 0.933 bits per heavy atom. The molecule has 3 atom stereocenters. The summed E-state index contributed by atoms with van der Waals surface area (Å²) in [6.07, 6.45) is 1.88. The van der Waals surface area contributed by atoms with E-state index in [2.05, 4.69) is 25.7 Å². The van der Waals surface area contributed by atoms with Crippen molar-refractivity contribution in [1.29, 1.82) is 0 Å². The summed E-state index contributed by atoms with van der Waals surface area (Å²) in [6, 6.07) is 3.15. The fourth-order valence-corrected chi connectivity index (χ4v) is 5.35. The van der Waals surface area contributed by atoms with Crippen molar-refractivity contribution in [1.82, 2.24) is 20.7 Å². The maximum absolute atomic E-state index is 13.4. The number of benzene rings is 1. The third-order valence-electron chi connectivity index (χ3n) is 6.12. The van der Waals surface area contributed by atoms with Gasteiger partial charge < -0.3 is 32.2 Å². The molecule has 0 saturated carbocycles. The summed E-state index contributed by atoms with van der Waals surface area (Å²) in [6.45, 7) is 10.6. The van der Waals surface area contributed by atoms with Gasteiger partial charge in [0.2, 0.25) is 23.7 Å². The highest BCUT2D eigenvalue weighted by Crippen LogP contribution is 2.12. The number of thioether (sulfide) groups is 1. The lowest BCUT2D eigenvalue weighted by atomic mass is 10.0. The average Bonchev–Trinajstić information content (AvgIpc) is 2.90. The van der Waals surface area contributed by atoms with Gasteiger partial charge in [-0.05, 0) is 83.4 Å². The third kappa shape index (κ3) is 15.9. The molecule has 8 N–H and O–H groups in total. The van der Waals surface area contributed by atoms with E-state index in [1.54, 1.807) is 32.9 Å². The number of hydrogen-bond donors (Lipinski definition) is 6. The number of nitrogens with zero attached hydrogens (tertiary/aromatic N) is 1. The fourth-order valence-electron chi connectivity index (χ4n) is 3.93. The first-order valence-corrected chi connectivity index (χ1v) is 17.5. The van der Waals surface area contributed by atoms with Crippen LogP contribution in [0.15, 0.2) is 34.2 Å². The second-order valence-electron chi connectivity index (χ2n) is 12.0. The SMILES string of the molecule is CSCC[C@H](NC(=O)[C@H](CC(C)C)NC(=O)[C@@H](CCCN=C(N)NS(=O)(=O)c1ccc(C)cc1)NC(=O)OC(C)(C)C)C(N)=O.